The maximum atomic E-state index is 12.7. The van der Waals surface area contributed by atoms with Crippen LogP contribution in [0, 0.1) is 0 Å². The van der Waals surface area contributed by atoms with Crippen LogP contribution < -0.4 is 0 Å². The Morgan fingerprint density at radius 2 is 2.17 bits per heavy atom. The van der Waals surface area contributed by atoms with Crippen molar-refractivity contribution in [3.8, 4) is 5.69 Å². The molecule has 3 nitrogen and oxygen atoms in total. The first-order valence-electron chi connectivity index (χ1n) is 4.82. The van der Waals surface area contributed by atoms with Crippen LogP contribution in [0.25, 0.3) is 5.69 Å². The zero-order valence-electron chi connectivity index (χ0n) is 8.78. The summed E-state index contributed by atoms with van der Waals surface area (Å²) in [7, 11) is 0. The molecule has 7 heteroatoms. The van der Waals surface area contributed by atoms with Gasteiger partial charge in [0.25, 0.3) is 6.43 Å². The average Bonchev–Trinajstić information content (AvgIpc) is 2.66. The highest BCUT2D eigenvalue weighted by molar-refractivity contribution is 9.10. The van der Waals surface area contributed by atoms with Gasteiger partial charge < -0.3 is 0 Å². The molecule has 0 saturated heterocycles. The first-order chi connectivity index (χ1) is 8.54. The van der Waals surface area contributed by atoms with Crippen LogP contribution in [-0.2, 0) is 0 Å². The number of halogens is 4. The minimum absolute atomic E-state index is 0.126. The van der Waals surface area contributed by atoms with E-state index in [0.717, 1.165) is 9.15 Å². The van der Waals surface area contributed by atoms with E-state index in [-0.39, 0.29) is 17.0 Å². The number of hydrogen-bond acceptors (Lipinski definition) is 2. The van der Waals surface area contributed by atoms with Crippen molar-refractivity contribution in [1.82, 2.24) is 9.78 Å². The first-order valence-corrected chi connectivity index (χ1v) is 5.99. The van der Waals surface area contributed by atoms with Crippen molar-refractivity contribution in [2.45, 2.75) is 6.43 Å². The molecule has 0 bridgehead atoms. The second kappa shape index (κ2) is 5.16. The molecule has 1 aromatic heterocycles. The van der Waals surface area contributed by atoms with Gasteiger partial charge in [0.2, 0.25) is 0 Å². The van der Waals surface area contributed by atoms with Gasteiger partial charge in [-0.3, -0.25) is 4.79 Å². The Hall–Kier alpha value is -1.27. The summed E-state index contributed by atoms with van der Waals surface area (Å²) >= 11 is 9.13. The van der Waals surface area contributed by atoms with Gasteiger partial charge in [0.1, 0.15) is 10.8 Å². The Morgan fingerprint density at radius 3 is 2.67 bits per heavy atom. The lowest BCUT2D eigenvalue weighted by Crippen LogP contribution is -1.97. The maximum Gasteiger partial charge on any atom is 0.282 e. The molecular formula is C11H6BrClF2N2O. The number of carbonyl (C=O) groups is 1. The molecule has 0 amide bonds. The smallest absolute Gasteiger partial charge is 0.282 e. The summed E-state index contributed by atoms with van der Waals surface area (Å²) in [6.45, 7) is 0. The molecule has 0 aliphatic carbocycles. The van der Waals surface area contributed by atoms with Gasteiger partial charge in [-0.05, 0) is 18.2 Å². The summed E-state index contributed by atoms with van der Waals surface area (Å²) < 4.78 is 27.3. The van der Waals surface area contributed by atoms with Gasteiger partial charge in [0, 0.05) is 4.47 Å². The van der Waals surface area contributed by atoms with Gasteiger partial charge in [-0.2, -0.15) is 5.10 Å². The van der Waals surface area contributed by atoms with Crippen LogP contribution in [0.15, 0.2) is 28.7 Å². The fraction of sp³-hybridized carbons (Fsp3) is 0.0909. The lowest BCUT2D eigenvalue weighted by molar-refractivity contribution is 0.110. The number of rotatable bonds is 3. The molecule has 1 heterocycles. The lowest BCUT2D eigenvalue weighted by atomic mass is 10.3. The van der Waals surface area contributed by atoms with E-state index in [4.69, 9.17) is 11.6 Å². The number of hydrogen-bond donors (Lipinski definition) is 0. The van der Waals surface area contributed by atoms with E-state index in [0.29, 0.717) is 5.69 Å². The predicted octanol–water partition coefficient (Wildman–Crippen LogP) is 4.04. The minimum atomic E-state index is -2.85. The van der Waals surface area contributed by atoms with Gasteiger partial charge in [0.05, 0.1) is 11.3 Å². The fourth-order valence-corrected chi connectivity index (χ4v) is 2.14. The van der Waals surface area contributed by atoms with E-state index in [1.165, 1.54) is 0 Å². The zero-order valence-corrected chi connectivity index (χ0v) is 11.1. The summed E-state index contributed by atoms with van der Waals surface area (Å²) in [4.78, 5) is 10.8. The summed E-state index contributed by atoms with van der Waals surface area (Å²) in [6.07, 6.45) is -2.57. The average molecular weight is 336 g/mol. The van der Waals surface area contributed by atoms with Crippen molar-refractivity contribution in [2.24, 2.45) is 0 Å². The molecule has 0 atom stereocenters. The van der Waals surface area contributed by atoms with Crippen molar-refractivity contribution in [3.63, 3.8) is 0 Å². The molecule has 2 rings (SSSR count). The Balaban J connectivity index is 2.62. The molecule has 0 aliphatic rings. The van der Waals surface area contributed by atoms with E-state index in [2.05, 4.69) is 21.0 Å². The van der Waals surface area contributed by atoms with Crippen LogP contribution in [0.5, 0.6) is 0 Å². The van der Waals surface area contributed by atoms with Crippen LogP contribution in [-0.4, -0.2) is 16.1 Å². The van der Waals surface area contributed by atoms with Crippen LogP contribution >= 0.6 is 27.5 Å². The standard InChI is InChI=1S/C11H6BrClF2N2O/c12-6-2-1-3-7(4-6)17-10(13)8(5-18)9(16-17)11(14)15/h1-5,11H. The lowest BCUT2D eigenvalue weighted by Gasteiger charge is -2.03. The van der Waals surface area contributed by atoms with Crippen molar-refractivity contribution in [2.75, 3.05) is 0 Å². The van der Waals surface area contributed by atoms with E-state index in [1.807, 2.05) is 0 Å². The van der Waals surface area contributed by atoms with Gasteiger partial charge in [-0.25, -0.2) is 13.5 Å². The summed E-state index contributed by atoms with van der Waals surface area (Å²) in [5.41, 5.74) is -0.411. The molecule has 18 heavy (non-hydrogen) atoms. The molecule has 2 aromatic rings. The summed E-state index contributed by atoms with van der Waals surface area (Å²) in [6, 6.07) is 6.78. The van der Waals surface area contributed by atoms with Gasteiger partial charge in [-0.1, -0.05) is 33.6 Å². The van der Waals surface area contributed by atoms with E-state index >= 15 is 0 Å². The zero-order chi connectivity index (χ0) is 13.3. The van der Waals surface area contributed by atoms with E-state index in [9.17, 15) is 13.6 Å². The topological polar surface area (TPSA) is 34.9 Å². The SMILES string of the molecule is O=Cc1c(C(F)F)nn(-c2cccc(Br)c2)c1Cl. The molecule has 0 spiro atoms. The molecule has 94 valence electrons. The first kappa shape index (κ1) is 13.2. The molecule has 0 aliphatic heterocycles. The van der Waals surface area contributed by atoms with Gasteiger partial charge in [0.15, 0.2) is 6.29 Å². The van der Waals surface area contributed by atoms with Gasteiger partial charge >= 0.3 is 0 Å². The molecule has 0 saturated carbocycles. The molecular weight excluding hydrogens is 329 g/mol. The van der Waals surface area contributed by atoms with Gasteiger partial charge in [-0.15, -0.1) is 0 Å². The largest absolute Gasteiger partial charge is 0.298 e. The van der Waals surface area contributed by atoms with E-state index < -0.39 is 12.1 Å². The van der Waals surface area contributed by atoms with Crippen molar-refractivity contribution >= 4 is 33.8 Å². The molecule has 1 aromatic carbocycles. The number of benzene rings is 1. The summed E-state index contributed by atoms with van der Waals surface area (Å²) in [5, 5.41) is 3.55. The molecule has 0 unspecified atom stereocenters. The van der Waals surface area contributed by atoms with Crippen LogP contribution in [0.1, 0.15) is 22.5 Å². The number of aromatic nitrogens is 2. The normalized spacial score (nSPS) is 10.9. The highest BCUT2D eigenvalue weighted by Crippen LogP contribution is 2.29. The van der Waals surface area contributed by atoms with Crippen LogP contribution in [0.3, 0.4) is 0 Å². The third-order valence-electron chi connectivity index (χ3n) is 2.27. The predicted molar refractivity (Wildman–Crippen MR) is 66.6 cm³/mol. The van der Waals surface area contributed by atoms with Crippen LogP contribution in [0.4, 0.5) is 8.78 Å². The number of nitrogens with zero attached hydrogens (tertiary/aromatic N) is 2. The van der Waals surface area contributed by atoms with Crippen molar-refractivity contribution in [3.05, 3.63) is 45.1 Å². The van der Waals surface area contributed by atoms with E-state index in [1.54, 1.807) is 24.3 Å². The number of carbonyl (C=O) groups excluding carboxylic acids is 1. The van der Waals surface area contributed by atoms with Crippen molar-refractivity contribution < 1.29 is 13.6 Å². The molecule has 0 fully saturated rings. The number of alkyl halides is 2. The van der Waals surface area contributed by atoms with Crippen LogP contribution in [0.2, 0.25) is 5.15 Å². The Labute approximate surface area is 114 Å². The highest BCUT2D eigenvalue weighted by Gasteiger charge is 2.23. The Kier molecular flexibility index (Phi) is 3.77. The fourth-order valence-electron chi connectivity index (χ4n) is 1.47. The third kappa shape index (κ3) is 2.30. The second-order valence-electron chi connectivity index (χ2n) is 3.40. The van der Waals surface area contributed by atoms with Crippen molar-refractivity contribution in [1.29, 1.82) is 0 Å². The highest BCUT2D eigenvalue weighted by atomic mass is 79.9. The third-order valence-corrected chi connectivity index (χ3v) is 3.13. The second-order valence-corrected chi connectivity index (χ2v) is 4.67. The quantitative estimate of drug-likeness (QED) is 0.794. The Morgan fingerprint density at radius 1 is 1.44 bits per heavy atom. The molecule has 0 radical (unpaired) electrons. The maximum absolute atomic E-state index is 12.7. The molecule has 0 N–H and O–H groups in total. The Bertz CT molecular complexity index is 601. The summed E-state index contributed by atoms with van der Waals surface area (Å²) in [5.74, 6) is 0. The monoisotopic (exact) mass is 334 g/mol. The minimum Gasteiger partial charge on any atom is -0.298 e. The number of aldehydes is 1.